The number of likely N-dealkylation sites (tertiary alicyclic amines) is 1. The Bertz CT molecular complexity index is 414. The van der Waals surface area contributed by atoms with Crippen molar-refractivity contribution in [1.29, 1.82) is 0 Å². The number of nitrogens with two attached hydrogens (primary N) is 1. The Morgan fingerprint density at radius 1 is 1.14 bits per heavy atom. The van der Waals surface area contributed by atoms with E-state index in [-0.39, 0.29) is 23.8 Å². The largest absolute Gasteiger partial charge is 0.393 e. The third-order valence-electron chi connectivity index (χ3n) is 5.35. The Hall–Kier alpha value is -1.14. The molecule has 118 valence electrons. The minimum Gasteiger partial charge on any atom is -0.393 e. The molecule has 2 bridgehead atoms. The van der Waals surface area contributed by atoms with E-state index in [2.05, 4.69) is 4.90 Å². The zero-order valence-electron chi connectivity index (χ0n) is 12.4. The predicted octanol–water partition coefficient (Wildman–Crippen LogP) is -0.302. The van der Waals surface area contributed by atoms with E-state index in [9.17, 15) is 14.7 Å². The Morgan fingerprint density at radius 3 is 2.43 bits per heavy atom. The van der Waals surface area contributed by atoms with Gasteiger partial charge in [-0.15, -0.1) is 0 Å². The lowest BCUT2D eigenvalue weighted by Crippen LogP contribution is -2.52. The molecule has 0 spiro atoms. The molecule has 0 aliphatic carbocycles. The van der Waals surface area contributed by atoms with Crippen molar-refractivity contribution in [2.24, 2.45) is 11.7 Å². The van der Waals surface area contributed by atoms with E-state index in [4.69, 9.17) is 5.73 Å². The number of aliphatic hydroxyl groups excluding tert-OH is 1. The summed E-state index contributed by atoms with van der Waals surface area (Å²) in [6.07, 6.45) is 5.17. The summed E-state index contributed by atoms with van der Waals surface area (Å²) in [5.41, 5.74) is 5.37. The molecule has 6 heteroatoms. The lowest BCUT2D eigenvalue weighted by atomic mass is 9.97. The van der Waals surface area contributed by atoms with E-state index in [1.807, 2.05) is 0 Å². The number of aliphatic hydroxyl groups is 1. The van der Waals surface area contributed by atoms with Gasteiger partial charge in [-0.3, -0.25) is 14.5 Å². The maximum atomic E-state index is 12.5. The number of primary amides is 1. The fourth-order valence-corrected chi connectivity index (χ4v) is 4.20. The van der Waals surface area contributed by atoms with Crippen LogP contribution in [-0.4, -0.2) is 64.5 Å². The van der Waals surface area contributed by atoms with Crippen molar-refractivity contribution in [3.63, 3.8) is 0 Å². The van der Waals surface area contributed by atoms with Gasteiger partial charge in [0.05, 0.1) is 18.6 Å². The third kappa shape index (κ3) is 3.06. The van der Waals surface area contributed by atoms with Gasteiger partial charge in [-0.2, -0.15) is 0 Å². The van der Waals surface area contributed by atoms with Gasteiger partial charge in [-0.25, -0.2) is 0 Å². The zero-order chi connectivity index (χ0) is 15.0. The first kappa shape index (κ1) is 14.8. The minimum absolute atomic E-state index is 0.106. The van der Waals surface area contributed by atoms with E-state index < -0.39 is 0 Å². The van der Waals surface area contributed by atoms with Crippen LogP contribution in [0.4, 0.5) is 0 Å². The number of carbonyl (C=O) groups is 2. The molecule has 0 aromatic carbocycles. The highest BCUT2D eigenvalue weighted by Crippen LogP contribution is 2.35. The molecule has 2 amide bonds. The van der Waals surface area contributed by atoms with Crippen LogP contribution in [-0.2, 0) is 9.59 Å². The van der Waals surface area contributed by atoms with Crippen molar-refractivity contribution >= 4 is 11.8 Å². The van der Waals surface area contributed by atoms with Crippen LogP contribution in [0.1, 0.15) is 38.5 Å². The molecule has 3 aliphatic heterocycles. The SMILES string of the molecule is NC(=O)C1CCCN(C(=O)CN2C3CCC2CC(O)C3)C1. The van der Waals surface area contributed by atoms with Gasteiger partial charge in [0.1, 0.15) is 0 Å². The number of hydrogen-bond donors (Lipinski definition) is 2. The third-order valence-corrected chi connectivity index (χ3v) is 5.35. The summed E-state index contributed by atoms with van der Waals surface area (Å²) in [4.78, 5) is 27.9. The molecule has 6 nitrogen and oxygen atoms in total. The normalized spacial score (nSPS) is 36.7. The van der Waals surface area contributed by atoms with Gasteiger partial charge >= 0.3 is 0 Å². The van der Waals surface area contributed by atoms with Crippen LogP contribution < -0.4 is 5.73 Å². The highest BCUT2D eigenvalue weighted by Gasteiger charge is 2.41. The second kappa shape index (κ2) is 5.93. The molecular weight excluding hydrogens is 270 g/mol. The van der Waals surface area contributed by atoms with E-state index in [1.165, 1.54) is 0 Å². The van der Waals surface area contributed by atoms with Crippen LogP contribution in [0.5, 0.6) is 0 Å². The highest BCUT2D eigenvalue weighted by molar-refractivity contribution is 5.81. The maximum Gasteiger partial charge on any atom is 0.236 e. The average molecular weight is 295 g/mol. The molecule has 21 heavy (non-hydrogen) atoms. The van der Waals surface area contributed by atoms with Crippen LogP contribution in [0.2, 0.25) is 0 Å². The van der Waals surface area contributed by atoms with Crippen molar-refractivity contribution in [3.8, 4) is 0 Å². The van der Waals surface area contributed by atoms with Crippen LogP contribution in [0.15, 0.2) is 0 Å². The van der Waals surface area contributed by atoms with Crippen LogP contribution in [0.25, 0.3) is 0 Å². The summed E-state index contributed by atoms with van der Waals surface area (Å²) in [5.74, 6) is -0.384. The number of carbonyl (C=O) groups excluding carboxylic acids is 2. The summed E-state index contributed by atoms with van der Waals surface area (Å²) in [7, 11) is 0. The van der Waals surface area contributed by atoms with Crippen LogP contribution >= 0.6 is 0 Å². The molecule has 3 aliphatic rings. The molecule has 3 fully saturated rings. The quantitative estimate of drug-likeness (QED) is 0.748. The van der Waals surface area contributed by atoms with Gasteiger partial charge < -0.3 is 15.7 Å². The zero-order valence-corrected chi connectivity index (χ0v) is 12.4. The second-order valence-corrected chi connectivity index (χ2v) is 6.76. The molecule has 3 unspecified atom stereocenters. The topological polar surface area (TPSA) is 86.9 Å². The number of fused-ring (bicyclic) bond motifs is 2. The van der Waals surface area contributed by atoms with E-state index in [1.54, 1.807) is 4.90 Å². The van der Waals surface area contributed by atoms with Crippen molar-refractivity contribution in [3.05, 3.63) is 0 Å². The molecule has 0 aromatic rings. The summed E-state index contributed by atoms with van der Waals surface area (Å²) in [6, 6.07) is 0.693. The van der Waals surface area contributed by atoms with Crippen molar-refractivity contribution in [1.82, 2.24) is 9.80 Å². The number of piperidine rings is 2. The maximum absolute atomic E-state index is 12.5. The number of hydrogen-bond acceptors (Lipinski definition) is 4. The molecule has 3 atom stereocenters. The molecule has 3 heterocycles. The molecule has 0 aromatic heterocycles. The van der Waals surface area contributed by atoms with Crippen molar-refractivity contribution < 1.29 is 14.7 Å². The minimum atomic E-state index is -0.298. The Kier molecular flexibility index (Phi) is 4.17. The number of amides is 2. The Balaban J connectivity index is 1.58. The smallest absolute Gasteiger partial charge is 0.236 e. The van der Waals surface area contributed by atoms with Gasteiger partial charge in [-0.05, 0) is 38.5 Å². The fraction of sp³-hybridized carbons (Fsp3) is 0.867. The monoisotopic (exact) mass is 295 g/mol. The lowest BCUT2D eigenvalue weighted by Gasteiger charge is -2.39. The Labute approximate surface area is 125 Å². The molecule has 3 rings (SSSR count). The first-order chi connectivity index (χ1) is 10.0. The van der Waals surface area contributed by atoms with Gasteiger partial charge in [0.15, 0.2) is 0 Å². The van der Waals surface area contributed by atoms with Gasteiger partial charge in [0, 0.05) is 25.2 Å². The van der Waals surface area contributed by atoms with E-state index in [0.717, 1.165) is 45.1 Å². The van der Waals surface area contributed by atoms with Gasteiger partial charge in [0.2, 0.25) is 11.8 Å². The summed E-state index contributed by atoms with van der Waals surface area (Å²) >= 11 is 0. The van der Waals surface area contributed by atoms with Crippen LogP contribution in [0.3, 0.4) is 0 Å². The molecule has 0 radical (unpaired) electrons. The van der Waals surface area contributed by atoms with Gasteiger partial charge in [-0.1, -0.05) is 0 Å². The molecule has 3 N–H and O–H groups in total. The number of nitrogens with zero attached hydrogens (tertiary/aromatic N) is 2. The number of rotatable bonds is 3. The fourth-order valence-electron chi connectivity index (χ4n) is 4.20. The van der Waals surface area contributed by atoms with Gasteiger partial charge in [0.25, 0.3) is 0 Å². The standard InChI is InChI=1S/C15H25N3O3/c16-15(21)10-2-1-5-17(8-10)14(20)9-18-11-3-4-12(18)7-13(19)6-11/h10-13,19H,1-9H2,(H2,16,21). The molecule has 3 saturated heterocycles. The molecule has 0 saturated carbocycles. The van der Waals surface area contributed by atoms with E-state index in [0.29, 0.717) is 25.2 Å². The summed E-state index contributed by atoms with van der Waals surface area (Å²) in [5, 5.41) is 9.81. The first-order valence-electron chi connectivity index (χ1n) is 8.05. The summed E-state index contributed by atoms with van der Waals surface area (Å²) < 4.78 is 0. The summed E-state index contributed by atoms with van der Waals surface area (Å²) in [6.45, 7) is 1.63. The highest BCUT2D eigenvalue weighted by atomic mass is 16.3. The predicted molar refractivity (Wildman–Crippen MR) is 77.3 cm³/mol. The van der Waals surface area contributed by atoms with Crippen molar-refractivity contribution in [2.45, 2.75) is 56.7 Å². The second-order valence-electron chi connectivity index (χ2n) is 6.76. The first-order valence-corrected chi connectivity index (χ1v) is 8.05. The lowest BCUT2D eigenvalue weighted by molar-refractivity contribution is -0.137. The van der Waals surface area contributed by atoms with Crippen molar-refractivity contribution in [2.75, 3.05) is 19.6 Å². The van der Waals surface area contributed by atoms with Crippen LogP contribution in [0, 0.1) is 5.92 Å². The molecular formula is C15H25N3O3. The average Bonchev–Trinajstić information content (AvgIpc) is 2.70. The van der Waals surface area contributed by atoms with E-state index >= 15 is 0 Å². The Morgan fingerprint density at radius 2 is 1.81 bits per heavy atom.